The summed E-state index contributed by atoms with van der Waals surface area (Å²) < 4.78 is 1.32. The fraction of sp³-hybridized carbons (Fsp3) is 0.118. The summed E-state index contributed by atoms with van der Waals surface area (Å²) in [6, 6.07) is 15.6. The molecule has 0 fully saturated rings. The second kappa shape index (κ2) is 5.47. The standard InChI is InChI=1S/C17H14O2S/c18-17(19)13-8-5-12(6-9-13)7-10-14-11-20-16-4-2-1-3-15(14)16/h1-6,8-9,11H,7,10H2,(H,18,19). The van der Waals surface area contributed by atoms with Crippen LogP contribution in [0.2, 0.25) is 0 Å². The van der Waals surface area contributed by atoms with E-state index in [1.165, 1.54) is 21.2 Å². The number of hydrogen-bond acceptors (Lipinski definition) is 2. The minimum absolute atomic E-state index is 0.342. The van der Waals surface area contributed by atoms with Gasteiger partial charge in [0.25, 0.3) is 0 Å². The van der Waals surface area contributed by atoms with Gasteiger partial charge in [0.1, 0.15) is 0 Å². The number of carboxylic acid groups (broad SMARTS) is 1. The number of carbonyl (C=O) groups is 1. The van der Waals surface area contributed by atoms with Gasteiger partial charge in [-0.1, -0.05) is 30.3 Å². The molecule has 0 amide bonds. The smallest absolute Gasteiger partial charge is 0.335 e. The zero-order valence-corrected chi connectivity index (χ0v) is 11.7. The van der Waals surface area contributed by atoms with Crippen LogP contribution in [0.5, 0.6) is 0 Å². The first kappa shape index (κ1) is 12.9. The highest BCUT2D eigenvalue weighted by Crippen LogP contribution is 2.26. The minimum atomic E-state index is -0.875. The van der Waals surface area contributed by atoms with Crippen molar-refractivity contribution in [1.82, 2.24) is 0 Å². The van der Waals surface area contributed by atoms with Gasteiger partial charge in [0.05, 0.1) is 5.56 Å². The molecule has 0 radical (unpaired) electrons. The van der Waals surface area contributed by atoms with Crippen molar-refractivity contribution in [3.05, 3.63) is 70.6 Å². The molecule has 1 N–H and O–H groups in total. The number of thiophene rings is 1. The lowest BCUT2D eigenvalue weighted by Crippen LogP contribution is -1.97. The van der Waals surface area contributed by atoms with Crippen molar-refractivity contribution in [3.8, 4) is 0 Å². The topological polar surface area (TPSA) is 37.3 Å². The van der Waals surface area contributed by atoms with Crippen molar-refractivity contribution >= 4 is 27.4 Å². The van der Waals surface area contributed by atoms with Crippen LogP contribution in [0.4, 0.5) is 0 Å². The lowest BCUT2D eigenvalue weighted by Gasteiger charge is -2.02. The quantitative estimate of drug-likeness (QED) is 0.770. The second-order valence-corrected chi connectivity index (χ2v) is 5.67. The molecule has 100 valence electrons. The molecular formula is C17H14O2S. The Labute approximate surface area is 121 Å². The molecular weight excluding hydrogens is 268 g/mol. The van der Waals surface area contributed by atoms with Gasteiger partial charge in [-0.2, -0.15) is 0 Å². The van der Waals surface area contributed by atoms with E-state index in [-0.39, 0.29) is 0 Å². The maximum absolute atomic E-state index is 10.8. The predicted molar refractivity (Wildman–Crippen MR) is 82.6 cm³/mol. The molecule has 0 atom stereocenters. The van der Waals surface area contributed by atoms with Gasteiger partial charge in [-0.3, -0.25) is 0 Å². The fourth-order valence-corrected chi connectivity index (χ4v) is 3.32. The molecule has 0 aliphatic carbocycles. The molecule has 0 unspecified atom stereocenters. The van der Waals surface area contributed by atoms with E-state index in [0.29, 0.717) is 5.56 Å². The molecule has 2 aromatic carbocycles. The van der Waals surface area contributed by atoms with Crippen LogP contribution in [0, 0.1) is 0 Å². The maximum atomic E-state index is 10.8. The average molecular weight is 282 g/mol. The number of benzene rings is 2. The van der Waals surface area contributed by atoms with Gasteiger partial charge in [0.2, 0.25) is 0 Å². The Morgan fingerprint density at radius 2 is 1.75 bits per heavy atom. The zero-order chi connectivity index (χ0) is 13.9. The Bertz CT molecular complexity index is 741. The summed E-state index contributed by atoms with van der Waals surface area (Å²) in [7, 11) is 0. The third-order valence-corrected chi connectivity index (χ3v) is 4.46. The molecule has 3 heteroatoms. The summed E-state index contributed by atoms with van der Waals surface area (Å²) in [6.07, 6.45) is 1.91. The van der Waals surface area contributed by atoms with Crippen molar-refractivity contribution in [2.24, 2.45) is 0 Å². The molecule has 0 aliphatic rings. The van der Waals surface area contributed by atoms with E-state index in [4.69, 9.17) is 5.11 Å². The van der Waals surface area contributed by atoms with Crippen LogP contribution in [-0.4, -0.2) is 11.1 Å². The van der Waals surface area contributed by atoms with Crippen molar-refractivity contribution in [2.45, 2.75) is 12.8 Å². The monoisotopic (exact) mass is 282 g/mol. The summed E-state index contributed by atoms with van der Waals surface area (Å²) in [5.74, 6) is -0.875. The first-order chi connectivity index (χ1) is 9.74. The van der Waals surface area contributed by atoms with Crippen LogP contribution in [0.15, 0.2) is 53.9 Å². The van der Waals surface area contributed by atoms with Crippen molar-refractivity contribution in [2.75, 3.05) is 0 Å². The number of aromatic carboxylic acids is 1. The number of carboxylic acids is 1. The average Bonchev–Trinajstić information content (AvgIpc) is 2.89. The largest absolute Gasteiger partial charge is 0.478 e. The SMILES string of the molecule is O=C(O)c1ccc(CCc2csc3ccccc23)cc1. The Morgan fingerprint density at radius 3 is 2.50 bits per heavy atom. The van der Waals surface area contributed by atoms with Gasteiger partial charge in [-0.05, 0) is 52.9 Å². The highest BCUT2D eigenvalue weighted by molar-refractivity contribution is 7.17. The Morgan fingerprint density at radius 1 is 1.00 bits per heavy atom. The molecule has 2 nitrogen and oxygen atoms in total. The Balaban J connectivity index is 1.74. The van der Waals surface area contributed by atoms with Crippen LogP contribution in [-0.2, 0) is 12.8 Å². The van der Waals surface area contributed by atoms with Crippen LogP contribution in [0.1, 0.15) is 21.5 Å². The van der Waals surface area contributed by atoms with Crippen molar-refractivity contribution in [1.29, 1.82) is 0 Å². The molecule has 0 bridgehead atoms. The number of hydrogen-bond donors (Lipinski definition) is 1. The fourth-order valence-electron chi connectivity index (χ4n) is 2.32. The van der Waals surface area contributed by atoms with Crippen molar-refractivity contribution in [3.63, 3.8) is 0 Å². The van der Waals surface area contributed by atoms with E-state index in [9.17, 15) is 4.79 Å². The maximum Gasteiger partial charge on any atom is 0.335 e. The summed E-state index contributed by atoms with van der Waals surface area (Å²) >= 11 is 1.78. The molecule has 20 heavy (non-hydrogen) atoms. The molecule has 0 spiro atoms. The summed E-state index contributed by atoms with van der Waals surface area (Å²) in [4.78, 5) is 10.8. The minimum Gasteiger partial charge on any atom is -0.478 e. The second-order valence-electron chi connectivity index (χ2n) is 4.76. The molecule has 0 saturated carbocycles. The Kier molecular flexibility index (Phi) is 3.52. The van der Waals surface area contributed by atoms with Crippen LogP contribution >= 0.6 is 11.3 Å². The van der Waals surface area contributed by atoms with Gasteiger partial charge in [0.15, 0.2) is 0 Å². The highest BCUT2D eigenvalue weighted by Gasteiger charge is 2.05. The van der Waals surface area contributed by atoms with Crippen LogP contribution < -0.4 is 0 Å². The number of rotatable bonds is 4. The van der Waals surface area contributed by atoms with E-state index in [0.717, 1.165) is 12.8 Å². The molecule has 3 aromatic rings. The third kappa shape index (κ3) is 2.58. The molecule has 1 aromatic heterocycles. The summed E-state index contributed by atoms with van der Waals surface area (Å²) in [6.45, 7) is 0. The normalized spacial score (nSPS) is 10.8. The lowest BCUT2D eigenvalue weighted by atomic mass is 10.0. The number of aryl methyl sites for hydroxylation is 2. The van der Waals surface area contributed by atoms with E-state index in [1.54, 1.807) is 23.5 Å². The highest BCUT2D eigenvalue weighted by atomic mass is 32.1. The molecule has 3 rings (SSSR count). The summed E-state index contributed by atoms with van der Waals surface area (Å²) in [5.41, 5.74) is 2.88. The third-order valence-electron chi connectivity index (χ3n) is 3.45. The first-order valence-electron chi connectivity index (χ1n) is 6.51. The van der Waals surface area contributed by atoms with Gasteiger partial charge in [0, 0.05) is 4.70 Å². The van der Waals surface area contributed by atoms with Crippen LogP contribution in [0.3, 0.4) is 0 Å². The van der Waals surface area contributed by atoms with E-state index < -0.39 is 5.97 Å². The molecule has 0 saturated heterocycles. The number of fused-ring (bicyclic) bond motifs is 1. The predicted octanol–water partition coefficient (Wildman–Crippen LogP) is 4.38. The van der Waals surface area contributed by atoms with Gasteiger partial charge >= 0.3 is 5.97 Å². The zero-order valence-electron chi connectivity index (χ0n) is 10.9. The van der Waals surface area contributed by atoms with Crippen molar-refractivity contribution < 1.29 is 9.90 Å². The molecule has 0 aliphatic heterocycles. The van der Waals surface area contributed by atoms with E-state index in [2.05, 4.69) is 29.6 Å². The van der Waals surface area contributed by atoms with Gasteiger partial charge < -0.3 is 5.11 Å². The van der Waals surface area contributed by atoms with Gasteiger partial charge in [-0.25, -0.2) is 4.79 Å². The first-order valence-corrected chi connectivity index (χ1v) is 7.39. The molecule has 1 heterocycles. The van der Waals surface area contributed by atoms with Gasteiger partial charge in [-0.15, -0.1) is 11.3 Å². The Hall–Kier alpha value is -2.13. The lowest BCUT2D eigenvalue weighted by molar-refractivity contribution is 0.0697. The van der Waals surface area contributed by atoms with E-state index in [1.807, 2.05) is 12.1 Å². The van der Waals surface area contributed by atoms with E-state index >= 15 is 0 Å². The van der Waals surface area contributed by atoms with Crippen LogP contribution in [0.25, 0.3) is 10.1 Å². The summed E-state index contributed by atoms with van der Waals surface area (Å²) in [5, 5.41) is 12.4.